The van der Waals surface area contributed by atoms with E-state index in [2.05, 4.69) is 5.32 Å². The molecule has 0 radical (unpaired) electrons. The molecule has 0 spiro atoms. The highest BCUT2D eigenvalue weighted by Gasteiger charge is 2.33. The van der Waals surface area contributed by atoms with E-state index in [0.29, 0.717) is 13.1 Å². The van der Waals surface area contributed by atoms with Crippen molar-refractivity contribution in [3.8, 4) is 0 Å². The molecular formula is C8H16N2O3. The number of rotatable bonds is 1. The van der Waals surface area contributed by atoms with Gasteiger partial charge >= 0.3 is 0 Å². The molecule has 2 unspecified atom stereocenters. The third kappa shape index (κ3) is 2.65. The van der Waals surface area contributed by atoms with Crippen LogP contribution in [0.5, 0.6) is 0 Å². The summed E-state index contributed by atoms with van der Waals surface area (Å²) in [6, 6.07) is -0.534. The first-order valence-electron chi connectivity index (χ1n) is 4.32. The van der Waals surface area contributed by atoms with E-state index >= 15 is 0 Å². The molecule has 13 heavy (non-hydrogen) atoms. The van der Waals surface area contributed by atoms with Gasteiger partial charge in [0.05, 0.1) is 18.2 Å². The van der Waals surface area contributed by atoms with Crippen LogP contribution < -0.4 is 5.32 Å². The Hall–Kier alpha value is -0.650. The normalized spacial score (nSPS) is 35.8. The molecule has 1 saturated heterocycles. The molecule has 0 aromatic carbocycles. The molecule has 1 fully saturated rings. The van der Waals surface area contributed by atoms with Crippen LogP contribution in [0.25, 0.3) is 0 Å². The number of hydrogen-bond donors (Lipinski definition) is 3. The number of piperidine rings is 1. The zero-order chi connectivity index (χ0) is 10.0. The second-order valence-electron chi connectivity index (χ2n) is 3.58. The molecule has 0 aromatic rings. The van der Waals surface area contributed by atoms with Gasteiger partial charge in [-0.2, -0.15) is 0 Å². The summed E-state index contributed by atoms with van der Waals surface area (Å²) in [4.78, 5) is 12.6. The van der Waals surface area contributed by atoms with Gasteiger partial charge in [0.1, 0.15) is 0 Å². The number of aliphatic hydroxyl groups is 2. The average molecular weight is 188 g/mol. The Balaban J connectivity index is 2.56. The number of carbonyl (C=O) groups excluding carboxylic acids is 1. The van der Waals surface area contributed by atoms with Crippen molar-refractivity contribution in [2.45, 2.75) is 25.2 Å². The minimum absolute atomic E-state index is 0.229. The van der Waals surface area contributed by atoms with Crippen molar-refractivity contribution >= 4 is 5.91 Å². The van der Waals surface area contributed by atoms with E-state index in [1.165, 1.54) is 6.92 Å². The molecule has 0 saturated carbocycles. The molecule has 1 aliphatic heterocycles. The lowest BCUT2D eigenvalue weighted by Crippen LogP contribution is -2.60. The predicted molar refractivity (Wildman–Crippen MR) is 47.1 cm³/mol. The zero-order valence-corrected chi connectivity index (χ0v) is 7.90. The number of aliphatic hydroxyl groups excluding tert-OH is 2. The molecular weight excluding hydrogens is 172 g/mol. The maximum Gasteiger partial charge on any atom is 0.217 e. The van der Waals surface area contributed by atoms with Crippen LogP contribution in [-0.4, -0.2) is 59.4 Å². The Morgan fingerprint density at radius 1 is 1.38 bits per heavy atom. The van der Waals surface area contributed by atoms with Crippen LogP contribution in [0.15, 0.2) is 0 Å². The van der Waals surface area contributed by atoms with Gasteiger partial charge in [0.15, 0.2) is 0 Å². The molecule has 3 N–H and O–H groups in total. The summed E-state index contributed by atoms with van der Waals surface area (Å²) in [7, 11) is 1.82. The third-order valence-electron chi connectivity index (χ3n) is 2.20. The van der Waals surface area contributed by atoms with E-state index in [0.717, 1.165) is 0 Å². The highest BCUT2D eigenvalue weighted by atomic mass is 16.3. The molecule has 0 bridgehead atoms. The molecule has 1 heterocycles. The minimum Gasteiger partial charge on any atom is -0.390 e. The van der Waals surface area contributed by atoms with Crippen LogP contribution in [-0.2, 0) is 4.79 Å². The highest BCUT2D eigenvalue weighted by molar-refractivity contribution is 5.73. The predicted octanol–water partition coefficient (Wildman–Crippen LogP) is -1.84. The van der Waals surface area contributed by atoms with E-state index in [9.17, 15) is 15.0 Å². The van der Waals surface area contributed by atoms with E-state index in [1.807, 2.05) is 11.9 Å². The lowest BCUT2D eigenvalue weighted by molar-refractivity contribution is -0.123. The first-order valence-corrected chi connectivity index (χ1v) is 4.32. The first kappa shape index (κ1) is 10.4. The van der Waals surface area contributed by atoms with Gasteiger partial charge in [-0.3, -0.25) is 4.79 Å². The fraction of sp³-hybridized carbons (Fsp3) is 0.875. The maximum atomic E-state index is 10.7. The standard InChI is InChI=1S/C8H16N2O3/c1-5(11)9-8-6(12)3-10(2)4-7(8)13/h6-8,12-13H,3-4H2,1-2H3,(H,9,11). The largest absolute Gasteiger partial charge is 0.390 e. The quantitative estimate of drug-likeness (QED) is 0.452. The first-order chi connectivity index (χ1) is 6.00. The summed E-state index contributed by atoms with van der Waals surface area (Å²) in [6.45, 7) is 2.32. The second-order valence-corrected chi connectivity index (χ2v) is 3.58. The van der Waals surface area contributed by atoms with E-state index < -0.39 is 18.2 Å². The number of carbonyl (C=O) groups is 1. The van der Waals surface area contributed by atoms with Crippen LogP contribution in [0.3, 0.4) is 0 Å². The van der Waals surface area contributed by atoms with Gasteiger partial charge in [-0.25, -0.2) is 0 Å². The van der Waals surface area contributed by atoms with Crippen molar-refractivity contribution in [1.29, 1.82) is 0 Å². The van der Waals surface area contributed by atoms with Crippen molar-refractivity contribution in [3.05, 3.63) is 0 Å². The highest BCUT2D eigenvalue weighted by Crippen LogP contribution is 2.10. The minimum atomic E-state index is -0.697. The lowest BCUT2D eigenvalue weighted by atomic mass is 9.99. The summed E-state index contributed by atoms with van der Waals surface area (Å²) < 4.78 is 0. The monoisotopic (exact) mass is 188 g/mol. The number of nitrogens with zero attached hydrogens (tertiary/aromatic N) is 1. The molecule has 1 rings (SSSR count). The van der Waals surface area contributed by atoms with Gasteiger partial charge in [0.25, 0.3) is 0 Å². The molecule has 5 nitrogen and oxygen atoms in total. The number of likely N-dealkylation sites (tertiary alicyclic amines) is 1. The number of amides is 1. The zero-order valence-electron chi connectivity index (χ0n) is 7.90. The molecule has 0 aromatic heterocycles. The number of hydrogen-bond acceptors (Lipinski definition) is 4. The summed E-state index contributed by atoms with van der Waals surface area (Å²) in [6.07, 6.45) is -1.39. The van der Waals surface area contributed by atoms with Crippen molar-refractivity contribution in [1.82, 2.24) is 10.2 Å². The van der Waals surface area contributed by atoms with Crippen molar-refractivity contribution in [3.63, 3.8) is 0 Å². The van der Waals surface area contributed by atoms with Gasteiger partial charge in [-0.15, -0.1) is 0 Å². The van der Waals surface area contributed by atoms with Gasteiger partial charge in [0.2, 0.25) is 5.91 Å². The Bertz CT molecular complexity index is 186. The maximum absolute atomic E-state index is 10.7. The summed E-state index contributed by atoms with van der Waals surface area (Å²) in [5.41, 5.74) is 0. The Morgan fingerprint density at radius 2 is 1.85 bits per heavy atom. The van der Waals surface area contributed by atoms with Crippen LogP contribution in [0, 0.1) is 0 Å². The number of likely N-dealkylation sites (N-methyl/N-ethyl adjacent to an activating group) is 1. The fourth-order valence-corrected chi connectivity index (χ4v) is 1.62. The van der Waals surface area contributed by atoms with Gasteiger partial charge in [0, 0.05) is 20.0 Å². The van der Waals surface area contributed by atoms with Crippen LogP contribution >= 0.6 is 0 Å². The second kappa shape index (κ2) is 4.04. The fourth-order valence-electron chi connectivity index (χ4n) is 1.62. The van der Waals surface area contributed by atoms with Gasteiger partial charge < -0.3 is 20.4 Å². The molecule has 2 atom stereocenters. The summed E-state index contributed by atoms with van der Waals surface area (Å²) in [5, 5.41) is 21.6. The average Bonchev–Trinajstić information content (AvgIpc) is 1.96. The van der Waals surface area contributed by atoms with Crippen LogP contribution in [0.2, 0.25) is 0 Å². The van der Waals surface area contributed by atoms with Crippen molar-refractivity contribution in [2.75, 3.05) is 20.1 Å². The molecule has 5 heteroatoms. The van der Waals surface area contributed by atoms with E-state index in [4.69, 9.17) is 0 Å². The molecule has 76 valence electrons. The smallest absolute Gasteiger partial charge is 0.217 e. The summed E-state index contributed by atoms with van der Waals surface area (Å²) in [5.74, 6) is -0.229. The molecule has 0 aliphatic carbocycles. The topological polar surface area (TPSA) is 72.8 Å². The van der Waals surface area contributed by atoms with Crippen molar-refractivity contribution in [2.24, 2.45) is 0 Å². The molecule has 1 aliphatic rings. The van der Waals surface area contributed by atoms with E-state index in [1.54, 1.807) is 0 Å². The SMILES string of the molecule is CC(=O)NC1C(O)CN(C)CC1O. The lowest BCUT2D eigenvalue weighted by Gasteiger charge is -2.37. The Kier molecular flexibility index (Phi) is 3.24. The van der Waals surface area contributed by atoms with Gasteiger partial charge in [-0.1, -0.05) is 0 Å². The Labute approximate surface area is 77.3 Å². The van der Waals surface area contributed by atoms with Gasteiger partial charge in [-0.05, 0) is 7.05 Å². The Morgan fingerprint density at radius 3 is 2.23 bits per heavy atom. The third-order valence-corrected chi connectivity index (χ3v) is 2.20. The number of β-amino-alcohol motifs (C(OH)–C–C–N with tert-alkyl or cyclic N) is 2. The van der Waals surface area contributed by atoms with Crippen LogP contribution in [0.4, 0.5) is 0 Å². The van der Waals surface area contributed by atoms with E-state index in [-0.39, 0.29) is 5.91 Å². The number of nitrogens with one attached hydrogen (secondary N) is 1. The van der Waals surface area contributed by atoms with Crippen molar-refractivity contribution < 1.29 is 15.0 Å². The van der Waals surface area contributed by atoms with Crippen LogP contribution in [0.1, 0.15) is 6.92 Å². The summed E-state index contributed by atoms with van der Waals surface area (Å²) >= 11 is 0. The molecule has 1 amide bonds.